The number of fused-ring (bicyclic) bond motifs is 2. The number of hydrogen-bond acceptors (Lipinski definition) is 10. The lowest BCUT2D eigenvalue weighted by atomic mass is 9.91. The molecule has 1 N–H and O–H groups in total. The minimum absolute atomic E-state index is 0.0505. The molecule has 0 saturated heterocycles. The molecule has 2 aliphatic heterocycles. The van der Waals surface area contributed by atoms with Crippen LogP contribution in [-0.2, 0) is 57.9 Å². The number of benzene rings is 2. The Kier molecular flexibility index (Phi) is 13.7. The van der Waals surface area contributed by atoms with E-state index in [1.807, 2.05) is 71.8 Å². The summed E-state index contributed by atoms with van der Waals surface area (Å²) in [6.07, 6.45) is 5.73. The van der Waals surface area contributed by atoms with Gasteiger partial charge < -0.3 is 48.1 Å². The lowest BCUT2D eigenvalue weighted by Crippen LogP contribution is -2.40. The predicted molar refractivity (Wildman–Crippen MR) is 220 cm³/mol. The van der Waals surface area contributed by atoms with Crippen LogP contribution in [0.2, 0.25) is 0 Å². The summed E-state index contributed by atoms with van der Waals surface area (Å²) in [5.74, 6) is 3.16. The molecule has 2 aromatic carbocycles. The third-order valence-electron chi connectivity index (χ3n) is 10.5. The minimum atomic E-state index is -0.0505. The van der Waals surface area contributed by atoms with Crippen molar-refractivity contribution in [2.75, 3.05) is 69.7 Å². The summed E-state index contributed by atoms with van der Waals surface area (Å²) < 4.78 is 25.9. The molecule has 4 heterocycles. The Labute approximate surface area is 330 Å². The number of carbonyl (C=O) groups excluding carboxylic acids is 1. The number of nitrogens with one attached hydrogen (secondary N) is 1. The first-order valence-electron chi connectivity index (χ1n) is 19.0. The number of aromatic nitrogens is 2. The maximum atomic E-state index is 12.8. The summed E-state index contributed by atoms with van der Waals surface area (Å²) >= 11 is 0. The van der Waals surface area contributed by atoms with Crippen molar-refractivity contribution in [2.45, 2.75) is 52.4 Å². The van der Waals surface area contributed by atoms with Gasteiger partial charge in [-0.25, -0.2) is 0 Å². The van der Waals surface area contributed by atoms with E-state index >= 15 is 0 Å². The Morgan fingerprint density at radius 1 is 0.679 bits per heavy atom. The first-order valence-corrected chi connectivity index (χ1v) is 19.0. The van der Waals surface area contributed by atoms with Crippen molar-refractivity contribution >= 4 is 5.91 Å². The van der Waals surface area contributed by atoms with Crippen molar-refractivity contribution in [1.29, 1.82) is 0 Å². The highest BCUT2D eigenvalue weighted by Crippen LogP contribution is 2.39. The van der Waals surface area contributed by atoms with Gasteiger partial charge in [0.05, 0.1) is 46.1 Å². The van der Waals surface area contributed by atoms with E-state index in [1.165, 1.54) is 0 Å². The molecule has 4 aromatic rings. The lowest BCUT2D eigenvalue weighted by Gasteiger charge is -2.30. The zero-order valence-electron chi connectivity index (χ0n) is 34.9. The molecule has 1 amide bonds. The van der Waals surface area contributed by atoms with E-state index in [4.69, 9.17) is 18.9 Å². The summed E-state index contributed by atoms with van der Waals surface area (Å²) in [7, 11) is 18.3. The molecule has 0 unspecified atom stereocenters. The Hall–Kier alpha value is -5.11. The van der Waals surface area contributed by atoms with Crippen LogP contribution in [0.4, 0.5) is 0 Å². The highest BCUT2D eigenvalue weighted by molar-refractivity contribution is 5.78. The van der Waals surface area contributed by atoms with Crippen LogP contribution in [0.1, 0.15) is 46.7 Å². The van der Waals surface area contributed by atoms with Gasteiger partial charge in [-0.15, -0.1) is 0 Å². The molecule has 0 radical (unpaired) electrons. The minimum Gasteiger partial charge on any atom is -0.496 e. The molecule has 0 bridgehead atoms. The summed E-state index contributed by atoms with van der Waals surface area (Å²) in [6, 6.07) is 8.10. The smallest absolute Gasteiger partial charge is 0.255 e. The Balaban J connectivity index is 0.000000216. The second kappa shape index (κ2) is 18.2. The number of carbonyl (C=O) groups is 1. The van der Waals surface area contributed by atoms with Crippen LogP contribution in [0.3, 0.4) is 0 Å². The van der Waals surface area contributed by atoms with Gasteiger partial charge in [0.1, 0.15) is 23.0 Å². The molecular formula is C43H58N6O7. The van der Waals surface area contributed by atoms with Gasteiger partial charge in [0.15, 0.2) is 0 Å². The summed E-state index contributed by atoms with van der Waals surface area (Å²) in [4.78, 5) is 43.5. The summed E-state index contributed by atoms with van der Waals surface area (Å²) in [5.41, 5.74) is 9.67. The lowest BCUT2D eigenvalue weighted by molar-refractivity contribution is -0.131. The van der Waals surface area contributed by atoms with Crippen molar-refractivity contribution in [2.24, 2.45) is 14.1 Å². The molecule has 0 fully saturated rings. The van der Waals surface area contributed by atoms with E-state index in [2.05, 4.69) is 15.1 Å². The maximum Gasteiger partial charge on any atom is 0.255 e. The van der Waals surface area contributed by atoms with Crippen LogP contribution in [0.15, 0.2) is 46.2 Å². The summed E-state index contributed by atoms with van der Waals surface area (Å²) in [6.45, 7) is 5.72. The average Bonchev–Trinajstić information content (AvgIpc) is 3.20. The maximum absolute atomic E-state index is 12.8. The Morgan fingerprint density at radius 2 is 1.11 bits per heavy atom. The highest BCUT2D eigenvalue weighted by atomic mass is 16.5. The van der Waals surface area contributed by atoms with Crippen LogP contribution >= 0.6 is 0 Å². The van der Waals surface area contributed by atoms with Gasteiger partial charge in [0.2, 0.25) is 5.91 Å². The monoisotopic (exact) mass is 770 g/mol. The largest absolute Gasteiger partial charge is 0.496 e. The number of rotatable bonds is 11. The van der Waals surface area contributed by atoms with Gasteiger partial charge in [-0.3, -0.25) is 14.4 Å². The molecule has 56 heavy (non-hydrogen) atoms. The number of ether oxygens (including phenoxy) is 4. The fraction of sp³-hybridized carbons (Fsp3) is 0.465. The molecular weight excluding hydrogens is 713 g/mol. The van der Waals surface area contributed by atoms with Crippen LogP contribution < -0.4 is 35.4 Å². The van der Waals surface area contributed by atoms with Crippen molar-refractivity contribution in [3.8, 4) is 45.3 Å². The van der Waals surface area contributed by atoms with Gasteiger partial charge in [0.25, 0.3) is 11.1 Å². The zero-order valence-corrected chi connectivity index (χ0v) is 34.9. The number of pyridine rings is 2. The molecule has 2 aliphatic rings. The second-order valence-corrected chi connectivity index (χ2v) is 14.9. The van der Waals surface area contributed by atoms with Crippen molar-refractivity contribution in [1.82, 2.24) is 29.2 Å². The third kappa shape index (κ3) is 8.80. The molecule has 0 aliphatic carbocycles. The van der Waals surface area contributed by atoms with Gasteiger partial charge >= 0.3 is 0 Å². The van der Waals surface area contributed by atoms with Crippen molar-refractivity contribution in [3.63, 3.8) is 0 Å². The SMILES string of the molecule is CCC(=O)N1CCc2c(-c3cc(OC)c(CN(C)C)c(OC)c3)cn(C)c(=O)c2C1.COc1cc(-c2cn(C)c(=O)c3c2CCNC3)cc(OC)c1CN(C)C. The van der Waals surface area contributed by atoms with E-state index in [1.54, 1.807) is 56.6 Å². The van der Waals surface area contributed by atoms with E-state index in [9.17, 15) is 14.4 Å². The molecule has 0 atom stereocenters. The van der Waals surface area contributed by atoms with Crippen LogP contribution in [0, 0.1) is 0 Å². The van der Waals surface area contributed by atoms with Crippen molar-refractivity contribution < 1.29 is 23.7 Å². The van der Waals surface area contributed by atoms with Crippen LogP contribution in [0.5, 0.6) is 23.0 Å². The predicted octanol–water partition coefficient (Wildman–Crippen LogP) is 4.20. The Morgan fingerprint density at radius 3 is 1.52 bits per heavy atom. The fourth-order valence-electron chi connectivity index (χ4n) is 7.69. The number of methoxy groups -OCH3 is 4. The normalized spacial score (nSPS) is 13.5. The van der Waals surface area contributed by atoms with Gasteiger partial charge in [0, 0.05) is 81.3 Å². The first kappa shape index (κ1) is 42.0. The number of hydrogen-bond donors (Lipinski definition) is 1. The fourth-order valence-corrected chi connectivity index (χ4v) is 7.69. The standard InChI is InChI=1S/C23H31N3O4.C20H27N3O3/c1-7-22(27)26-9-8-16-17(13-25(4)23(28)18(16)14-26)15-10-20(29-5)19(12-24(2)3)21(11-15)30-6;1-22(2)11-17-18(25-4)8-13(9-19(17)26-5)16-12-23(3)20(24)15-10-21-7-6-14(15)16/h10-11,13H,7-9,12,14H2,1-6H3;8-9,12,21H,6-7,10-11H2,1-5H3. The molecule has 6 rings (SSSR count). The van der Waals surface area contributed by atoms with Gasteiger partial charge in [-0.1, -0.05) is 6.92 Å². The van der Waals surface area contributed by atoms with E-state index < -0.39 is 0 Å². The molecule has 13 nitrogen and oxygen atoms in total. The molecule has 302 valence electrons. The average molecular weight is 771 g/mol. The molecule has 0 saturated carbocycles. The first-order chi connectivity index (χ1) is 26.8. The Bertz CT molecular complexity index is 2140. The van der Waals surface area contributed by atoms with Crippen LogP contribution in [-0.4, -0.2) is 99.5 Å². The number of nitrogens with zero attached hydrogens (tertiary/aromatic N) is 5. The highest BCUT2D eigenvalue weighted by Gasteiger charge is 2.27. The third-order valence-corrected chi connectivity index (χ3v) is 10.5. The zero-order chi connectivity index (χ0) is 40.8. The van der Waals surface area contributed by atoms with Crippen molar-refractivity contribution in [3.05, 3.63) is 90.7 Å². The van der Waals surface area contributed by atoms with E-state index in [0.717, 1.165) is 92.6 Å². The molecule has 0 spiro atoms. The van der Waals surface area contributed by atoms with Gasteiger partial charge in [-0.2, -0.15) is 0 Å². The molecule has 13 heteroatoms. The summed E-state index contributed by atoms with van der Waals surface area (Å²) in [5, 5.41) is 3.30. The number of amides is 1. The van der Waals surface area contributed by atoms with E-state index in [-0.39, 0.29) is 17.0 Å². The second-order valence-electron chi connectivity index (χ2n) is 14.9. The quantitative estimate of drug-likeness (QED) is 0.238. The number of aryl methyl sites for hydroxylation is 2. The topological polar surface area (TPSA) is 120 Å². The van der Waals surface area contributed by atoms with E-state index in [0.29, 0.717) is 44.6 Å². The van der Waals surface area contributed by atoms with Crippen LogP contribution in [0.25, 0.3) is 22.3 Å². The molecule has 2 aromatic heterocycles. The van der Waals surface area contributed by atoms with Gasteiger partial charge in [-0.05, 0) is 94.1 Å².